The van der Waals surface area contributed by atoms with Crippen LogP contribution in [-0.4, -0.2) is 31.3 Å². The number of benzene rings is 2. The second kappa shape index (κ2) is 10.4. The van der Waals surface area contributed by atoms with Crippen molar-refractivity contribution >= 4 is 42.0 Å². The molecule has 190 valence electrons. The highest BCUT2D eigenvalue weighted by Gasteiger charge is 2.20. The number of H-pyrrole nitrogens is 1. The molecule has 0 saturated carbocycles. The molecule has 2 aromatic carbocycles. The topological polar surface area (TPSA) is 94.3 Å². The number of hydrogen-bond donors (Lipinski definition) is 3. The van der Waals surface area contributed by atoms with Crippen LogP contribution in [0.2, 0.25) is 30.7 Å². The van der Waals surface area contributed by atoms with Gasteiger partial charge in [0.2, 0.25) is 0 Å². The molecule has 0 saturated heterocycles. The van der Waals surface area contributed by atoms with Gasteiger partial charge in [0.15, 0.2) is 5.75 Å². The molecule has 9 heteroatoms. The molecular weight excluding hydrogens is 492 g/mol. The number of nitrogen functional groups attached to an aromatic ring is 1. The van der Waals surface area contributed by atoms with Gasteiger partial charge in [-0.3, -0.25) is 4.79 Å². The van der Waals surface area contributed by atoms with Crippen LogP contribution >= 0.6 is 11.6 Å². The standard InChI is InChI=1S/C27H33ClN4O3Si/c1-30-23-11-10-20(26(24(23)29)35-19-8-6-17(28)7-9-19)22-15-32(2)27(33)25-21(22)14-18(31-25)16-34-12-13-36(3,4)5/h6-11,14-15,30-31H,12-13,16,29H2,1-5H3. The van der Waals surface area contributed by atoms with Crippen LogP contribution in [0.15, 0.2) is 53.5 Å². The number of fused-ring (bicyclic) bond motifs is 1. The first-order valence-corrected chi connectivity index (χ1v) is 16.0. The summed E-state index contributed by atoms with van der Waals surface area (Å²) in [6.07, 6.45) is 1.82. The van der Waals surface area contributed by atoms with Crippen LogP contribution in [0.1, 0.15) is 5.69 Å². The molecular formula is C27H33ClN4O3Si. The first-order chi connectivity index (χ1) is 17.1. The molecule has 36 heavy (non-hydrogen) atoms. The summed E-state index contributed by atoms with van der Waals surface area (Å²) in [4.78, 5) is 16.3. The lowest BCUT2D eigenvalue weighted by Crippen LogP contribution is -2.21. The molecule has 0 amide bonds. The predicted octanol–water partition coefficient (Wildman–Crippen LogP) is 6.46. The van der Waals surface area contributed by atoms with Gasteiger partial charge in [-0.2, -0.15) is 0 Å². The maximum atomic E-state index is 13.0. The fraction of sp³-hybridized carbons (Fsp3) is 0.296. The van der Waals surface area contributed by atoms with E-state index in [0.29, 0.717) is 40.9 Å². The van der Waals surface area contributed by atoms with E-state index in [1.165, 1.54) is 0 Å². The molecule has 0 aliphatic carbocycles. The second-order valence-corrected chi connectivity index (χ2v) is 16.2. The maximum Gasteiger partial charge on any atom is 0.274 e. The summed E-state index contributed by atoms with van der Waals surface area (Å²) in [5.74, 6) is 1.10. The highest BCUT2D eigenvalue weighted by atomic mass is 35.5. The second-order valence-electron chi connectivity index (χ2n) is 10.1. The van der Waals surface area contributed by atoms with Crippen molar-refractivity contribution in [3.8, 4) is 22.6 Å². The molecule has 0 aliphatic heterocycles. The van der Waals surface area contributed by atoms with Crippen LogP contribution in [0.3, 0.4) is 0 Å². The Hall–Kier alpha value is -3.20. The summed E-state index contributed by atoms with van der Waals surface area (Å²) >= 11 is 6.05. The third kappa shape index (κ3) is 5.61. The molecule has 7 nitrogen and oxygen atoms in total. The van der Waals surface area contributed by atoms with Gasteiger partial charge in [-0.15, -0.1) is 0 Å². The van der Waals surface area contributed by atoms with Crippen molar-refractivity contribution in [1.29, 1.82) is 0 Å². The van der Waals surface area contributed by atoms with Crippen LogP contribution in [0.25, 0.3) is 22.0 Å². The SMILES string of the molecule is CNc1ccc(-c2cn(C)c(=O)c3[nH]c(COCC[Si](C)(C)C)cc23)c(Oc2ccc(Cl)cc2)c1N. The predicted molar refractivity (Wildman–Crippen MR) is 152 cm³/mol. The number of pyridine rings is 1. The van der Waals surface area contributed by atoms with E-state index in [0.717, 1.165) is 33.9 Å². The highest BCUT2D eigenvalue weighted by Crippen LogP contribution is 2.43. The number of anilines is 2. The Morgan fingerprint density at radius 1 is 1.11 bits per heavy atom. The molecule has 0 atom stereocenters. The van der Waals surface area contributed by atoms with Gasteiger partial charge in [-0.05, 0) is 48.5 Å². The summed E-state index contributed by atoms with van der Waals surface area (Å²) in [6.45, 7) is 8.09. The number of ether oxygens (including phenoxy) is 2. The fourth-order valence-corrected chi connectivity index (χ4v) is 4.89. The zero-order chi connectivity index (χ0) is 26.0. The van der Waals surface area contributed by atoms with E-state index < -0.39 is 8.07 Å². The van der Waals surface area contributed by atoms with Crippen LogP contribution in [0.5, 0.6) is 11.5 Å². The molecule has 0 radical (unpaired) electrons. The van der Waals surface area contributed by atoms with Gasteiger partial charge >= 0.3 is 0 Å². The quantitative estimate of drug-likeness (QED) is 0.133. The van der Waals surface area contributed by atoms with Gasteiger partial charge in [0, 0.05) is 62.2 Å². The Kier molecular flexibility index (Phi) is 7.49. The normalized spacial score (nSPS) is 11.7. The Balaban J connectivity index is 1.79. The number of halogens is 1. The van der Waals surface area contributed by atoms with E-state index in [1.807, 2.05) is 31.4 Å². The minimum Gasteiger partial charge on any atom is -0.454 e. The molecule has 4 aromatic rings. The number of aryl methyl sites for hydroxylation is 1. The smallest absolute Gasteiger partial charge is 0.274 e. The first-order valence-electron chi connectivity index (χ1n) is 11.9. The number of rotatable bonds is 9. The Morgan fingerprint density at radius 2 is 1.83 bits per heavy atom. The minimum atomic E-state index is -1.18. The largest absolute Gasteiger partial charge is 0.454 e. The van der Waals surface area contributed by atoms with Crippen molar-refractivity contribution in [3.63, 3.8) is 0 Å². The number of aromatic nitrogens is 2. The average molecular weight is 525 g/mol. The van der Waals surface area contributed by atoms with Crippen molar-refractivity contribution in [1.82, 2.24) is 9.55 Å². The minimum absolute atomic E-state index is 0.109. The summed E-state index contributed by atoms with van der Waals surface area (Å²) in [5.41, 5.74) is 10.6. The first kappa shape index (κ1) is 25.9. The van der Waals surface area contributed by atoms with Crippen LogP contribution in [0.4, 0.5) is 11.4 Å². The van der Waals surface area contributed by atoms with Crippen molar-refractivity contribution in [2.75, 3.05) is 24.7 Å². The van der Waals surface area contributed by atoms with Gasteiger partial charge in [0.05, 0.1) is 18.0 Å². The van der Waals surface area contributed by atoms with E-state index >= 15 is 0 Å². The lowest BCUT2D eigenvalue weighted by Gasteiger charge is -2.18. The number of nitrogens with zero attached hydrogens (tertiary/aromatic N) is 1. The summed E-state index contributed by atoms with van der Waals surface area (Å²) < 4.78 is 13.8. The van der Waals surface area contributed by atoms with Crippen molar-refractivity contribution < 1.29 is 9.47 Å². The molecule has 4 rings (SSSR count). The molecule has 2 aromatic heterocycles. The van der Waals surface area contributed by atoms with Gasteiger partial charge in [0.25, 0.3) is 5.56 Å². The number of aromatic amines is 1. The number of hydrogen-bond acceptors (Lipinski definition) is 5. The maximum absolute atomic E-state index is 13.0. The number of nitrogens with one attached hydrogen (secondary N) is 2. The molecule has 2 heterocycles. The summed E-state index contributed by atoms with van der Waals surface area (Å²) in [7, 11) is 2.37. The van der Waals surface area contributed by atoms with Crippen LogP contribution in [-0.2, 0) is 18.4 Å². The van der Waals surface area contributed by atoms with Crippen LogP contribution < -0.4 is 21.3 Å². The molecule has 0 bridgehead atoms. The van der Waals surface area contributed by atoms with E-state index in [4.69, 9.17) is 26.8 Å². The fourth-order valence-electron chi connectivity index (χ4n) is 4.00. The van der Waals surface area contributed by atoms with Gasteiger partial charge in [-0.1, -0.05) is 31.2 Å². The number of nitrogens with two attached hydrogens (primary N) is 1. The Morgan fingerprint density at radius 3 is 2.50 bits per heavy atom. The highest BCUT2D eigenvalue weighted by molar-refractivity contribution is 6.76. The Labute approximate surface area is 217 Å². The molecule has 0 fully saturated rings. The Bertz CT molecular complexity index is 1440. The molecule has 0 spiro atoms. The molecule has 0 unspecified atom stereocenters. The van der Waals surface area contributed by atoms with Crippen molar-refractivity contribution in [2.45, 2.75) is 32.3 Å². The van der Waals surface area contributed by atoms with E-state index in [2.05, 4.69) is 29.9 Å². The van der Waals surface area contributed by atoms with Crippen LogP contribution in [0, 0.1) is 0 Å². The van der Waals surface area contributed by atoms with Gasteiger partial charge in [-0.25, -0.2) is 0 Å². The van der Waals surface area contributed by atoms with Crippen molar-refractivity contribution in [3.05, 3.63) is 69.7 Å². The average Bonchev–Trinajstić information content (AvgIpc) is 3.26. The lowest BCUT2D eigenvalue weighted by atomic mass is 10.0. The zero-order valence-electron chi connectivity index (χ0n) is 21.4. The van der Waals surface area contributed by atoms with E-state index in [-0.39, 0.29) is 5.56 Å². The third-order valence-corrected chi connectivity index (χ3v) is 8.02. The van der Waals surface area contributed by atoms with Crippen molar-refractivity contribution in [2.24, 2.45) is 7.05 Å². The molecule has 0 aliphatic rings. The zero-order valence-corrected chi connectivity index (χ0v) is 23.1. The van der Waals surface area contributed by atoms with E-state index in [1.54, 1.807) is 35.9 Å². The molecule has 4 N–H and O–H groups in total. The van der Waals surface area contributed by atoms with E-state index in [9.17, 15) is 4.79 Å². The third-order valence-electron chi connectivity index (χ3n) is 6.06. The van der Waals surface area contributed by atoms with Gasteiger partial charge < -0.3 is 30.1 Å². The monoisotopic (exact) mass is 524 g/mol. The summed E-state index contributed by atoms with van der Waals surface area (Å²) in [5, 5.41) is 4.52. The van der Waals surface area contributed by atoms with Gasteiger partial charge in [0.1, 0.15) is 11.3 Å². The summed E-state index contributed by atoms with van der Waals surface area (Å²) in [6, 6.07) is 14.0. The lowest BCUT2D eigenvalue weighted by molar-refractivity contribution is 0.131.